The Morgan fingerprint density at radius 1 is 1.31 bits per heavy atom. The minimum absolute atomic E-state index is 0.359. The van der Waals surface area contributed by atoms with Gasteiger partial charge in [-0.25, -0.2) is 0 Å². The molecule has 0 aromatic heterocycles. The van der Waals surface area contributed by atoms with Crippen LogP contribution < -0.4 is 0 Å². The molecule has 2 aliphatic rings. The molecule has 4 heteroatoms. The smallest absolute Gasteiger partial charge is 0.303 e. The van der Waals surface area contributed by atoms with E-state index in [1.807, 2.05) is 0 Å². The second-order valence-electron chi connectivity index (χ2n) is 4.94. The van der Waals surface area contributed by atoms with Crippen molar-refractivity contribution in [3.63, 3.8) is 0 Å². The van der Waals surface area contributed by atoms with Gasteiger partial charge in [-0.1, -0.05) is 0 Å². The second kappa shape index (κ2) is 5.92. The van der Waals surface area contributed by atoms with Gasteiger partial charge in [0.25, 0.3) is 0 Å². The molecule has 0 radical (unpaired) electrons. The Morgan fingerprint density at radius 3 is 2.75 bits per heavy atom. The van der Waals surface area contributed by atoms with E-state index in [1.165, 1.54) is 37.3 Å². The summed E-state index contributed by atoms with van der Waals surface area (Å²) in [5.74, 6) is 2.32. The van der Waals surface area contributed by atoms with Crippen molar-refractivity contribution in [1.29, 1.82) is 0 Å². The van der Waals surface area contributed by atoms with Crippen molar-refractivity contribution in [3.8, 4) is 0 Å². The van der Waals surface area contributed by atoms with Gasteiger partial charge >= 0.3 is 5.97 Å². The van der Waals surface area contributed by atoms with E-state index in [1.54, 1.807) is 0 Å². The third-order valence-electron chi connectivity index (χ3n) is 3.72. The van der Waals surface area contributed by atoms with Gasteiger partial charge in [-0.2, -0.15) is 11.8 Å². The molecule has 1 N–H and O–H groups in total. The summed E-state index contributed by atoms with van der Waals surface area (Å²) in [6, 6.07) is 0.734. The molecule has 0 amide bonds. The highest BCUT2D eigenvalue weighted by Crippen LogP contribution is 2.27. The van der Waals surface area contributed by atoms with Crippen molar-refractivity contribution in [1.82, 2.24) is 4.90 Å². The molecular formula is C12H21NO2S. The molecule has 0 aromatic rings. The first-order valence-corrected chi connectivity index (χ1v) is 7.45. The summed E-state index contributed by atoms with van der Waals surface area (Å²) >= 11 is 2.05. The fraction of sp³-hybridized carbons (Fsp3) is 0.917. The summed E-state index contributed by atoms with van der Waals surface area (Å²) < 4.78 is 0. The number of nitrogens with zero attached hydrogens (tertiary/aromatic N) is 1. The lowest BCUT2D eigenvalue weighted by Crippen LogP contribution is -2.44. The zero-order chi connectivity index (χ0) is 11.4. The van der Waals surface area contributed by atoms with Crippen LogP contribution in [0, 0.1) is 5.92 Å². The minimum atomic E-state index is -0.633. The molecule has 0 saturated carbocycles. The van der Waals surface area contributed by atoms with Crippen molar-refractivity contribution < 1.29 is 9.90 Å². The number of aliphatic carboxylic acids is 1. The van der Waals surface area contributed by atoms with Crippen LogP contribution >= 0.6 is 11.8 Å². The molecule has 0 aliphatic carbocycles. The highest BCUT2D eigenvalue weighted by molar-refractivity contribution is 7.99. The average molecular weight is 243 g/mol. The Morgan fingerprint density at radius 2 is 2.06 bits per heavy atom. The summed E-state index contributed by atoms with van der Waals surface area (Å²) in [6.07, 6.45) is 5.23. The van der Waals surface area contributed by atoms with E-state index in [-0.39, 0.29) is 0 Å². The molecule has 0 aromatic carbocycles. The van der Waals surface area contributed by atoms with Crippen molar-refractivity contribution >= 4 is 17.7 Å². The first kappa shape index (κ1) is 12.2. The molecule has 0 spiro atoms. The SMILES string of the molecule is O=C(O)CC1CCCN(C2CCSCC2)C1. The third kappa shape index (κ3) is 3.39. The van der Waals surface area contributed by atoms with Crippen molar-refractivity contribution in [3.05, 3.63) is 0 Å². The lowest BCUT2D eigenvalue weighted by Gasteiger charge is -2.39. The first-order chi connectivity index (χ1) is 7.75. The van der Waals surface area contributed by atoms with Crippen LogP contribution in [0.1, 0.15) is 32.1 Å². The molecule has 3 nitrogen and oxygen atoms in total. The first-order valence-electron chi connectivity index (χ1n) is 6.29. The van der Waals surface area contributed by atoms with Gasteiger partial charge in [0.1, 0.15) is 0 Å². The Bertz CT molecular complexity index is 241. The van der Waals surface area contributed by atoms with Crippen LogP contribution in [-0.4, -0.2) is 46.6 Å². The van der Waals surface area contributed by atoms with Gasteiger partial charge in [0.05, 0.1) is 0 Å². The van der Waals surface area contributed by atoms with E-state index in [9.17, 15) is 4.79 Å². The van der Waals surface area contributed by atoms with Crippen LogP contribution in [0.15, 0.2) is 0 Å². The molecule has 92 valence electrons. The predicted molar refractivity (Wildman–Crippen MR) is 66.9 cm³/mol. The molecular weight excluding hydrogens is 222 g/mol. The molecule has 16 heavy (non-hydrogen) atoms. The lowest BCUT2D eigenvalue weighted by molar-refractivity contribution is -0.138. The van der Waals surface area contributed by atoms with Crippen LogP contribution in [0.3, 0.4) is 0 Å². The molecule has 1 atom stereocenters. The van der Waals surface area contributed by atoms with Gasteiger partial charge in [-0.3, -0.25) is 4.79 Å². The van der Waals surface area contributed by atoms with Gasteiger partial charge in [0, 0.05) is 19.0 Å². The van der Waals surface area contributed by atoms with Crippen LogP contribution in [0.2, 0.25) is 0 Å². The van der Waals surface area contributed by atoms with Crippen molar-refractivity contribution in [2.75, 3.05) is 24.6 Å². The Labute approximate surface area is 102 Å². The van der Waals surface area contributed by atoms with Gasteiger partial charge in [-0.05, 0) is 49.7 Å². The van der Waals surface area contributed by atoms with E-state index in [0.29, 0.717) is 12.3 Å². The topological polar surface area (TPSA) is 40.5 Å². The maximum absolute atomic E-state index is 10.7. The van der Waals surface area contributed by atoms with Crippen molar-refractivity contribution in [2.45, 2.75) is 38.1 Å². The monoisotopic (exact) mass is 243 g/mol. The molecule has 2 aliphatic heterocycles. The van der Waals surface area contributed by atoms with Gasteiger partial charge < -0.3 is 10.0 Å². The Kier molecular flexibility index (Phi) is 4.53. The predicted octanol–water partition coefficient (Wildman–Crippen LogP) is 2.07. The second-order valence-corrected chi connectivity index (χ2v) is 6.17. The average Bonchev–Trinajstić information content (AvgIpc) is 2.30. The number of rotatable bonds is 3. The molecule has 0 bridgehead atoms. The fourth-order valence-electron chi connectivity index (χ4n) is 2.89. The molecule has 2 fully saturated rings. The Hall–Kier alpha value is -0.220. The fourth-order valence-corrected chi connectivity index (χ4v) is 3.97. The largest absolute Gasteiger partial charge is 0.481 e. The number of carboxylic acids is 1. The summed E-state index contributed by atoms with van der Waals surface area (Å²) in [7, 11) is 0. The lowest BCUT2D eigenvalue weighted by atomic mass is 9.93. The van der Waals surface area contributed by atoms with E-state index < -0.39 is 5.97 Å². The third-order valence-corrected chi connectivity index (χ3v) is 4.77. The highest BCUT2D eigenvalue weighted by atomic mass is 32.2. The summed E-state index contributed by atoms with van der Waals surface area (Å²) in [5.41, 5.74) is 0. The van der Waals surface area contributed by atoms with Gasteiger partial charge in [-0.15, -0.1) is 0 Å². The van der Waals surface area contributed by atoms with E-state index in [0.717, 1.165) is 19.0 Å². The van der Waals surface area contributed by atoms with Crippen molar-refractivity contribution in [2.24, 2.45) is 5.92 Å². The summed E-state index contributed by atoms with van der Waals surface area (Å²) in [5, 5.41) is 8.84. The van der Waals surface area contributed by atoms with Gasteiger partial charge in [0.15, 0.2) is 0 Å². The maximum Gasteiger partial charge on any atom is 0.303 e. The number of thioether (sulfide) groups is 1. The number of hydrogen-bond donors (Lipinski definition) is 1. The van der Waals surface area contributed by atoms with Crippen LogP contribution in [-0.2, 0) is 4.79 Å². The van der Waals surface area contributed by atoms with Crippen LogP contribution in [0.5, 0.6) is 0 Å². The highest BCUT2D eigenvalue weighted by Gasteiger charge is 2.27. The van der Waals surface area contributed by atoms with Gasteiger partial charge in [0.2, 0.25) is 0 Å². The van der Waals surface area contributed by atoms with Crippen LogP contribution in [0.4, 0.5) is 0 Å². The Balaban J connectivity index is 1.83. The van der Waals surface area contributed by atoms with E-state index >= 15 is 0 Å². The maximum atomic E-state index is 10.7. The molecule has 1 unspecified atom stereocenters. The molecule has 2 heterocycles. The normalized spacial score (nSPS) is 29.1. The zero-order valence-corrected chi connectivity index (χ0v) is 10.5. The van der Waals surface area contributed by atoms with E-state index in [4.69, 9.17) is 5.11 Å². The van der Waals surface area contributed by atoms with E-state index in [2.05, 4.69) is 16.7 Å². The quantitative estimate of drug-likeness (QED) is 0.824. The molecule has 2 saturated heterocycles. The zero-order valence-electron chi connectivity index (χ0n) is 9.73. The number of hydrogen-bond acceptors (Lipinski definition) is 3. The summed E-state index contributed by atoms with van der Waals surface area (Å²) in [4.78, 5) is 13.3. The van der Waals surface area contributed by atoms with Crippen LogP contribution in [0.25, 0.3) is 0 Å². The number of carbonyl (C=O) groups is 1. The standard InChI is InChI=1S/C12H21NO2S/c14-12(15)8-10-2-1-5-13(9-10)11-3-6-16-7-4-11/h10-11H,1-9H2,(H,14,15). The molecule has 2 rings (SSSR count). The number of likely N-dealkylation sites (tertiary alicyclic amines) is 1. The minimum Gasteiger partial charge on any atom is -0.481 e. The number of piperidine rings is 1. The summed E-state index contributed by atoms with van der Waals surface area (Å²) in [6.45, 7) is 2.20. The number of carboxylic acid groups (broad SMARTS) is 1.